The Kier molecular flexibility index (Phi) is 5.20. The van der Waals surface area contributed by atoms with Gasteiger partial charge in [-0.05, 0) is 47.9 Å². The van der Waals surface area contributed by atoms with Crippen molar-refractivity contribution in [3.63, 3.8) is 0 Å². The molecule has 4 aromatic rings. The maximum absolute atomic E-state index is 13.2. The molecule has 29 heavy (non-hydrogen) atoms. The number of hydrogen-bond donors (Lipinski definition) is 1. The van der Waals surface area contributed by atoms with Crippen LogP contribution in [0, 0.1) is 12.7 Å². The van der Waals surface area contributed by atoms with Crippen LogP contribution < -0.4 is 5.32 Å². The summed E-state index contributed by atoms with van der Waals surface area (Å²) >= 11 is 0. The fraction of sp³-hybridized carbons (Fsp3) is 0.136. The molecule has 146 valence electrons. The van der Waals surface area contributed by atoms with Gasteiger partial charge in [-0.1, -0.05) is 41.6 Å². The third-order valence-corrected chi connectivity index (χ3v) is 4.72. The summed E-state index contributed by atoms with van der Waals surface area (Å²) in [4.78, 5) is 12.9. The molecule has 6 nitrogen and oxygen atoms in total. The molecule has 0 saturated heterocycles. The highest BCUT2D eigenvalue weighted by molar-refractivity contribution is 5.95. The van der Waals surface area contributed by atoms with Crippen molar-refractivity contribution >= 4 is 5.91 Å². The summed E-state index contributed by atoms with van der Waals surface area (Å²) in [7, 11) is 0. The van der Waals surface area contributed by atoms with E-state index in [1.165, 1.54) is 12.1 Å². The predicted molar refractivity (Wildman–Crippen MR) is 107 cm³/mol. The van der Waals surface area contributed by atoms with Crippen molar-refractivity contribution < 1.29 is 9.18 Å². The molecular formula is C22H20FN5O. The lowest BCUT2D eigenvalue weighted by atomic mass is 10.1. The van der Waals surface area contributed by atoms with Gasteiger partial charge in [0.15, 0.2) is 11.5 Å². The summed E-state index contributed by atoms with van der Waals surface area (Å²) in [6.07, 6.45) is 3.66. The van der Waals surface area contributed by atoms with Crippen molar-refractivity contribution in [3.8, 4) is 5.82 Å². The van der Waals surface area contributed by atoms with Gasteiger partial charge in [0.25, 0.3) is 5.91 Å². The van der Waals surface area contributed by atoms with Gasteiger partial charge in [-0.3, -0.25) is 4.79 Å². The molecule has 0 atom stereocenters. The third-order valence-electron chi connectivity index (χ3n) is 4.72. The quantitative estimate of drug-likeness (QED) is 0.549. The Morgan fingerprint density at radius 3 is 2.48 bits per heavy atom. The van der Waals surface area contributed by atoms with E-state index in [0.29, 0.717) is 18.9 Å². The number of rotatable bonds is 6. The molecule has 0 bridgehead atoms. The van der Waals surface area contributed by atoms with E-state index in [4.69, 9.17) is 0 Å². The smallest absolute Gasteiger partial charge is 0.276 e. The first kappa shape index (κ1) is 18.6. The van der Waals surface area contributed by atoms with Gasteiger partial charge in [0, 0.05) is 18.9 Å². The fourth-order valence-corrected chi connectivity index (χ4v) is 3.12. The van der Waals surface area contributed by atoms with Gasteiger partial charge in [-0.15, -0.1) is 5.10 Å². The van der Waals surface area contributed by atoms with Gasteiger partial charge >= 0.3 is 0 Å². The largest absolute Gasteiger partial charge is 0.346 e. The van der Waals surface area contributed by atoms with Crippen molar-refractivity contribution in [2.75, 3.05) is 0 Å². The highest BCUT2D eigenvalue weighted by Crippen LogP contribution is 2.16. The zero-order chi connectivity index (χ0) is 20.2. The molecule has 2 aromatic heterocycles. The van der Waals surface area contributed by atoms with Crippen molar-refractivity contribution in [1.82, 2.24) is 24.9 Å². The van der Waals surface area contributed by atoms with E-state index in [1.807, 2.05) is 55.7 Å². The van der Waals surface area contributed by atoms with Crippen molar-refractivity contribution in [2.24, 2.45) is 0 Å². The van der Waals surface area contributed by atoms with Crippen molar-refractivity contribution in [1.29, 1.82) is 0 Å². The van der Waals surface area contributed by atoms with E-state index in [9.17, 15) is 9.18 Å². The Morgan fingerprint density at radius 1 is 1.03 bits per heavy atom. The Morgan fingerprint density at radius 2 is 1.76 bits per heavy atom. The van der Waals surface area contributed by atoms with Crippen LogP contribution >= 0.6 is 0 Å². The zero-order valence-electron chi connectivity index (χ0n) is 15.9. The average molecular weight is 389 g/mol. The molecule has 0 aliphatic rings. The molecule has 0 spiro atoms. The Labute approximate surface area is 167 Å². The van der Waals surface area contributed by atoms with E-state index in [-0.39, 0.29) is 17.4 Å². The minimum Gasteiger partial charge on any atom is -0.346 e. The molecule has 4 rings (SSSR count). The van der Waals surface area contributed by atoms with Crippen molar-refractivity contribution in [2.45, 2.75) is 20.0 Å². The summed E-state index contributed by atoms with van der Waals surface area (Å²) in [5.74, 6) is -0.0434. The highest BCUT2D eigenvalue weighted by Gasteiger charge is 2.21. The standard InChI is InChI=1S/C22H20FN5O/c1-16-6-2-3-7-18(16)14-24-21(29)20-22(27-12-4-5-13-27)28(26-25-20)15-17-8-10-19(23)11-9-17/h2-13H,14-15H2,1H3,(H,24,29). The second-order valence-corrected chi connectivity index (χ2v) is 6.75. The van der Waals surface area contributed by atoms with Crippen LogP contribution in [0.4, 0.5) is 4.39 Å². The van der Waals surface area contributed by atoms with Gasteiger partial charge < -0.3 is 9.88 Å². The van der Waals surface area contributed by atoms with Crippen LogP contribution in [0.3, 0.4) is 0 Å². The topological polar surface area (TPSA) is 64.7 Å². The number of aromatic nitrogens is 4. The minimum absolute atomic E-state index is 0.233. The molecule has 2 heterocycles. The SMILES string of the molecule is Cc1ccccc1CNC(=O)c1nnn(Cc2ccc(F)cc2)c1-n1cccc1. The summed E-state index contributed by atoms with van der Waals surface area (Å²) in [5.41, 5.74) is 3.24. The number of nitrogens with one attached hydrogen (secondary N) is 1. The third kappa shape index (κ3) is 4.08. The first-order chi connectivity index (χ1) is 14.1. The molecule has 0 saturated carbocycles. The summed E-state index contributed by atoms with van der Waals surface area (Å²) in [6, 6.07) is 17.8. The lowest BCUT2D eigenvalue weighted by Gasteiger charge is -2.10. The molecule has 0 fully saturated rings. The number of halogens is 1. The van der Waals surface area contributed by atoms with Crippen LogP contribution in [0.2, 0.25) is 0 Å². The van der Waals surface area contributed by atoms with E-state index in [1.54, 1.807) is 21.4 Å². The summed E-state index contributed by atoms with van der Waals surface area (Å²) in [6.45, 7) is 2.78. The second kappa shape index (κ2) is 8.10. The summed E-state index contributed by atoms with van der Waals surface area (Å²) in [5, 5.41) is 11.2. The number of carbonyl (C=O) groups excluding carboxylic acids is 1. The second-order valence-electron chi connectivity index (χ2n) is 6.75. The van der Waals surface area contributed by atoms with Gasteiger partial charge in [0.05, 0.1) is 6.54 Å². The molecular weight excluding hydrogens is 369 g/mol. The normalized spacial score (nSPS) is 10.8. The summed E-state index contributed by atoms with van der Waals surface area (Å²) < 4.78 is 16.6. The van der Waals surface area contributed by atoms with Gasteiger partial charge in [0.2, 0.25) is 0 Å². The Hall–Kier alpha value is -3.74. The van der Waals surface area contributed by atoms with Crippen LogP contribution in [0.25, 0.3) is 5.82 Å². The average Bonchev–Trinajstić information content (AvgIpc) is 3.38. The highest BCUT2D eigenvalue weighted by atomic mass is 19.1. The number of benzene rings is 2. The van der Waals surface area contributed by atoms with E-state index in [2.05, 4.69) is 15.6 Å². The van der Waals surface area contributed by atoms with E-state index in [0.717, 1.165) is 16.7 Å². The molecule has 0 aliphatic carbocycles. The van der Waals surface area contributed by atoms with Crippen molar-refractivity contribution in [3.05, 3.63) is 101 Å². The first-order valence-corrected chi connectivity index (χ1v) is 9.26. The van der Waals surface area contributed by atoms with Crippen LogP contribution in [-0.2, 0) is 13.1 Å². The van der Waals surface area contributed by atoms with Gasteiger partial charge in [-0.25, -0.2) is 9.07 Å². The monoisotopic (exact) mass is 389 g/mol. The maximum Gasteiger partial charge on any atom is 0.276 e. The Balaban J connectivity index is 1.61. The van der Waals surface area contributed by atoms with Gasteiger partial charge in [0.1, 0.15) is 5.82 Å². The predicted octanol–water partition coefficient (Wildman–Crippen LogP) is 3.49. The van der Waals surface area contributed by atoms with Crippen LogP contribution in [0.1, 0.15) is 27.2 Å². The van der Waals surface area contributed by atoms with Gasteiger partial charge in [-0.2, -0.15) is 0 Å². The lowest BCUT2D eigenvalue weighted by molar-refractivity contribution is 0.0945. The number of aryl methyl sites for hydroxylation is 1. The fourth-order valence-electron chi connectivity index (χ4n) is 3.12. The molecule has 1 amide bonds. The van der Waals surface area contributed by atoms with Crippen LogP contribution in [-0.4, -0.2) is 25.5 Å². The number of amides is 1. The molecule has 0 aliphatic heterocycles. The molecule has 2 aromatic carbocycles. The molecule has 0 radical (unpaired) electrons. The van der Waals surface area contributed by atoms with E-state index < -0.39 is 0 Å². The first-order valence-electron chi connectivity index (χ1n) is 9.26. The van der Waals surface area contributed by atoms with Crippen LogP contribution in [0.15, 0.2) is 73.1 Å². The number of nitrogens with zero attached hydrogens (tertiary/aromatic N) is 4. The number of carbonyl (C=O) groups is 1. The molecule has 1 N–H and O–H groups in total. The van der Waals surface area contributed by atoms with E-state index >= 15 is 0 Å². The van der Waals surface area contributed by atoms with Crippen LogP contribution in [0.5, 0.6) is 0 Å². The maximum atomic E-state index is 13.2. The number of hydrogen-bond acceptors (Lipinski definition) is 3. The zero-order valence-corrected chi connectivity index (χ0v) is 15.9. The lowest BCUT2D eigenvalue weighted by Crippen LogP contribution is -2.25. The molecule has 0 unspecified atom stereocenters. The Bertz CT molecular complexity index is 1120. The minimum atomic E-state index is -0.303. The molecule has 7 heteroatoms.